The number of rotatable bonds is 3. The van der Waals surface area contributed by atoms with E-state index in [2.05, 4.69) is 9.97 Å². The van der Waals surface area contributed by atoms with E-state index in [0.29, 0.717) is 0 Å². The van der Waals surface area contributed by atoms with E-state index in [1.54, 1.807) is 0 Å². The van der Waals surface area contributed by atoms with Gasteiger partial charge in [0.25, 0.3) is 0 Å². The van der Waals surface area contributed by atoms with Gasteiger partial charge in [-0.2, -0.15) is 0 Å². The molecule has 3 nitrogen and oxygen atoms in total. The lowest BCUT2D eigenvalue weighted by molar-refractivity contribution is 0.792. The van der Waals surface area contributed by atoms with Gasteiger partial charge in [-0.15, -0.1) is 24.8 Å². The van der Waals surface area contributed by atoms with Crippen LogP contribution in [-0.4, -0.2) is 16.5 Å². The third-order valence-corrected chi connectivity index (χ3v) is 1.37. The molecule has 72 valence electrons. The van der Waals surface area contributed by atoms with Crippen molar-refractivity contribution in [1.29, 1.82) is 0 Å². The summed E-state index contributed by atoms with van der Waals surface area (Å²) in [6.45, 7) is 2.73. The maximum atomic E-state index is 5.34. The SMILES string of the molecule is Cc1cnc(CCCN)[nH]1.Cl.Cl. The molecule has 0 aliphatic heterocycles. The number of halogens is 2. The molecule has 1 aromatic rings. The van der Waals surface area contributed by atoms with E-state index < -0.39 is 0 Å². The number of hydrogen-bond acceptors (Lipinski definition) is 2. The average Bonchev–Trinajstić information content (AvgIpc) is 2.31. The topological polar surface area (TPSA) is 54.7 Å². The highest BCUT2D eigenvalue weighted by atomic mass is 35.5. The van der Waals surface area contributed by atoms with E-state index in [0.717, 1.165) is 30.9 Å². The van der Waals surface area contributed by atoms with Gasteiger partial charge in [0.1, 0.15) is 5.82 Å². The minimum Gasteiger partial charge on any atom is -0.346 e. The number of aryl methyl sites for hydroxylation is 2. The summed E-state index contributed by atoms with van der Waals surface area (Å²) < 4.78 is 0. The van der Waals surface area contributed by atoms with Crippen molar-refractivity contribution in [2.24, 2.45) is 5.73 Å². The van der Waals surface area contributed by atoms with Crippen molar-refractivity contribution < 1.29 is 0 Å². The molecule has 5 heteroatoms. The number of nitrogens with two attached hydrogens (primary N) is 1. The van der Waals surface area contributed by atoms with Gasteiger partial charge in [-0.1, -0.05) is 0 Å². The van der Waals surface area contributed by atoms with Crippen LogP contribution in [-0.2, 0) is 6.42 Å². The second-order valence-corrected chi connectivity index (χ2v) is 2.41. The molecular formula is C7H15Cl2N3. The Kier molecular flexibility index (Phi) is 8.81. The molecule has 0 atom stereocenters. The van der Waals surface area contributed by atoms with Gasteiger partial charge in [0.05, 0.1) is 0 Å². The minimum atomic E-state index is 0. The van der Waals surface area contributed by atoms with Crippen LogP contribution in [0.4, 0.5) is 0 Å². The van der Waals surface area contributed by atoms with Crippen molar-refractivity contribution in [1.82, 2.24) is 9.97 Å². The molecule has 0 aliphatic carbocycles. The van der Waals surface area contributed by atoms with Crippen LogP contribution in [0.25, 0.3) is 0 Å². The van der Waals surface area contributed by atoms with Gasteiger partial charge in [-0.05, 0) is 19.9 Å². The molecule has 0 aromatic carbocycles. The number of hydrogen-bond donors (Lipinski definition) is 2. The van der Waals surface area contributed by atoms with Crippen molar-refractivity contribution >= 4 is 24.8 Å². The quantitative estimate of drug-likeness (QED) is 0.796. The Morgan fingerprint density at radius 2 is 2.17 bits per heavy atom. The highest BCUT2D eigenvalue weighted by molar-refractivity contribution is 5.85. The van der Waals surface area contributed by atoms with Crippen molar-refractivity contribution in [2.75, 3.05) is 6.54 Å². The van der Waals surface area contributed by atoms with Gasteiger partial charge in [-0.3, -0.25) is 0 Å². The summed E-state index contributed by atoms with van der Waals surface area (Å²) in [5.41, 5.74) is 6.46. The molecule has 0 unspecified atom stereocenters. The maximum absolute atomic E-state index is 5.34. The van der Waals surface area contributed by atoms with Crippen LogP contribution < -0.4 is 5.73 Å². The monoisotopic (exact) mass is 211 g/mol. The van der Waals surface area contributed by atoms with Gasteiger partial charge in [0.15, 0.2) is 0 Å². The molecule has 0 amide bonds. The Morgan fingerprint density at radius 3 is 2.58 bits per heavy atom. The first-order valence-electron chi connectivity index (χ1n) is 3.53. The molecule has 1 heterocycles. The predicted molar refractivity (Wildman–Crippen MR) is 55.2 cm³/mol. The number of aromatic nitrogens is 2. The first-order chi connectivity index (χ1) is 4.83. The van der Waals surface area contributed by atoms with Crippen LogP contribution in [0, 0.1) is 6.92 Å². The number of nitrogens with one attached hydrogen (secondary N) is 1. The predicted octanol–water partition coefficient (Wildman–Crippen LogP) is 1.45. The molecule has 12 heavy (non-hydrogen) atoms. The molecule has 3 N–H and O–H groups in total. The Morgan fingerprint density at radius 1 is 1.50 bits per heavy atom. The molecule has 0 fully saturated rings. The van der Waals surface area contributed by atoms with E-state index in [1.807, 2.05) is 13.1 Å². The van der Waals surface area contributed by atoms with Crippen molar-refractivity contribution in [3.8, 4) is 0 Å². The zero-order chi connectivity index (χ0) is 7.40. The smallest absolute Gasteiger partial charge is 0.106 e. The summed E-state index contributed by atoms with van der Waals surface area (Å²) in [6.07, 6.45) is 3.81. The molecule has 1 aromatic heterocycles. The first-order valence-corrected chi connectivity index (χ1v) is 3.53. The standard InChI is InChI=1S/C7H13N3.2ClH/c1-6-5-9-7(10-6)3-2-4-8;;/h5H,2-4,8H2,1H3,(H,9,10);2*1H. The molecular weight excluding hydrogens is 197 g/mol. The fraction of sp³-hybridized carbons (Fsp3) is 0.571. The fourth-order valence-electron chi connectivity index (χ4n) is 0.863. The van der Waals surface area contributed by atoms with Crippen LogP contribution in [0.3, 0.4) is 0 Å². The second-order valence-electron chi connectivity index (χ2n) is 2.41. The van der Waals surface area contributed by atoms with Gasteiger partial charge >= 0.3 is 0 Å². The fourth-order valence-corrected chi connectivity index (χ4v) is 0.863. The normalized spacial score (nSPS) is 8.50. The lowest BCUT2D eigenvalue weighted by atomic mass is 10.3. The minimum absolute atomic E-state index is 0. The average molecular weight is 212 g/mol. The van der Waals surface area contributed by atoms with Crippen LogP contribution >= 0.6 is 24.8 Å². The highest BCUT2D eigenvalue weighted by Crippen LogP contribution is 1.96. The number of H-pyrrole nitrogens is 1. The number of imidazole rings is 1. The van der Waals surface area contributed by atoms with E-state index >= 15 is 0 Å². The Hall–Kier alpha value is -0.250. The lowest BCUT2D eigenvalue weighted by Gasteiger charge is -1.91. The van der Waals surface area contributed by atoms with Crippen molar-refractivity contribution in [3.05, 3.63) is 17.7 Å². The van der Waals surface area contributed by atoms with E-state index in [4.69, 9.17) is 5.73 Å². The van der Waals surface area contributed by atoms with Gasteiger partial charge in [-0.25, -0.2) is 4.98 Å². The highest BCUT2D eigenvalue weighted by Gasteiger charge is 1.94. The van der Waals surface area contributed by atoms with Crippen molar-refractivity contribution in [2.45, 2.75) is 19.8 Å². The molecule has 0 aliphatic rings. The van der Waals surface area contributed by atoms with Crippen LogP contribution in [0.5, 0.6) is 0 Å². The summed E-state index contributed by atoms with van der Waals surface area (Å²) >= 11 is 0. The Balaban J connectivity index is 0. The molecule has 0 saturated heterocycles. The van der Waals surface area contributed by atoms with Crippen LogP contribution in [0.2, 0.25) is 0 Å². The maximum Gasteiger partial charge on any atom is 0.106 e. The van der Waals surface area contributed by atoms with Gasteiger partial charge in [0.2, 0.25) is 0 Å². The summed E-state index contributed by atoms with van der Waals surface area (Å²) in [4.78, 5) is 7.29. The van der Waals surface area contributed by atoms with E-state index in [-0.39, 0.29) is 24.8 Å². The van der Waals surface area contributed by atoms with Crippen LogP contribution in [0.1, 0.15) is 17.9 Å². The molecule has 1 rings (SSSR count). The summed E-state index contributed by atoms with van der Waals surface area (Å²) in [5, 5.41) is 0. The number of aromatic amines is 1. The molecule has 0 spiro atoms. The third kappa shape index (κ3) is 4.59. The van der Waals surface area contributed by atoms with Gasteiger partial charge < -0.3 is 10.7 Å². The summed E-state index contributed by atoms with van der Waals surface area (Å²) in [6, 6.07) is 0. The molecule has 0 saturated carbocycles. The number of nitrogens with zero attached hydrogens (tertiary/aromatic N) is 1. The van der Waals surface area contributed by atoms with E-state index in [1.165, 1.54) is 0 Å². The van der Waals surface area contributed by atoms with E-state index in [9.17, 15) is 0 Å². The molecule has 0 radical (unpaired) electrons. The third-order valence-electron chi connectivity index (χ3n) is 1.37. The van der Waals surface area contributed by atoms with Gasteiger partial charge in [0, 0.05) is 18.3 Å². The zero-order valence-electron chi connectivity index (χ0n) is 7.04. The Labute approximate surface area is 85.0 Å². The summed E-state index contributed by atoms with van der Waals surface area (Å²) in [5.74, 6) is 1.04. The zero-order valence-corrected chi connectivity index (χ0v) is 8.67. The van der Waals surface area contributed by atoms with Crippen LogP contribution in [0.15, 0.2) is 6.20 Å². The largest absolute Gasteiger partial charge is 0.346 e. The first kappa shape index (κ1) is 14.3. The Bertz CT molecular complexity index is 200. The molecule has 0 bridgehead atoms. The second kappa shape index (κ2) is 7.40. The van der Waals surface area contributed by atoms with Crippen molar-refractivity contribution in [3.63, 3.8) is 0 Å². The lowest BCUT2D eigenvalue weighted by Crippen LogP contribution is -2.01. The summed E-state index contributed by atoms with van der Waals surface area (Å²) in [7, 11) is 0.